The molecule has 2 aliphatic carbocycles. The van der Waals surface area contributed by atoms with Crippen LogP contribution in [0.1, 0.15) is 66.7 Å². The third-order valence-electron chi connectivity index (χ3n) is 6.93. The highest BCUT2D eigenvalue weighted by Crippen LogP contribution is 2.55. The Kier molecular flexibility index (Phi) is 3.27. The molecule has 0 N–H and O–H groups in total. The summed E-state index contributed by atoms with van der Waals surface area (Å²) in [6.45, 7) is 6.46. The second-order valence-corrected chi connectivity index (χ2v) is 8.60. The molecule has 0 fully saturated rings. The van der Waals surface area contributed by atoms with Gasteiger partial charge in [-0.3, -0.25) is 4.79 Å². The maximum atomic E-state index is 13.7. The summed E-state index contributed by atoms with van der Waals surface area (Å²) in [5, 5.41) is 2.48. The summed E-state index contributed by atoms with van der Waals surface area (Å²) in [6, 6.07) is 23.8. The van der Waals surface area contributed by atoms with Gasteiger partial charge in [0.05, 0.1) is 5.92 Å². The van der Waals surface area contributed by atoms with E-state index in [0.29, 0.717) is 0 Å². The van der Waals surface area contributed by atoms with E-state index in [0.717, 1.165) is 11.1 Å². The van der Waals surface area contributed by atoms with Gasteiger partial charge in [0.15, 0.2) is 5.78 Å². The molecule has 2 atom stereocenters. The molecule has 0 bridgehead atoms. The number of hydrogen-bond acceptors (Lipinski definition) is 1. The molecule has 4 aromatic rings. The van der Waals surface area contributed by atoms with Crippen LogP contribution < -0.4 is 0 Å². The van der Waals surface area contributed by atoms with Gasteiger partial charge in [-0.25, -0.2) is 0 Å². The van der Waals surface area contributed by atoms with Crippen LogP contribution in [0.25, 0.3) is 10.8 Å². The molecule has 0 amide bonds. The molecule has 0 spiro atoms. The lowest BCUT2D eigenvalue weighted by Gasteiger charge is -2.32. The van der Waals surface area contributed by atoms with E-state index in [9.17, 15) is 4.79 Å². The molecule has 0 aromatic heterocycles. The van der Waals surface area contributed by atoms with Crippen molar-refractivity contribution in [2.75, 3.05) is 0 Å². The van der Waals surface area contributed by atoms with Gasteiger partial charge in [0, 0.05) is 11.5 Å². The summed E-state index contributed by atoms with van der Waals surface area (Å²) < 4.78 is 0. The van der Waals surface area contributed by atoms with E-state index in [4.69, 9.17) is 0 Å². The highest BCUT2D eigenvalue weighted by atomic mass is 16.1. The molecule has 140 valence electrons. The van der Waals surface area contributed by atoms with E-state index in [1.165, 1.54) is 49.7 Å². The number of carbonyl (C=O) groups excluding carboxylic acids is 1. The summed E-state index contributed by atoms with van der Waals surface area (Å²) >= 11 is 0. The van der Waals surface area contributed by atoms with Gasteiger partial charge < -0.3 is 0 Å². The van der Waals surface area contributed by atoms with E-state index >= 15 is 0 Å². The summed E-state index contributed by atoms with van der Waals surface area (Å²) in [7, 11) is 0. The van der Waals surface area contributed by atoms with E-state index < -0.39 is 0 Å². The molecule has 0 heterocycles. The van der Waals surface area contributed by atoms with Crippen LogP contribution in [0.2, 0.25) is 0 Å². The molecule has 2 aliphatic rings. The number of aryl methyl sites for hydroxylation is 3. The molecule has 4 aromatic carbocycles. The number of benzene rings is 4. The number of rotatable bonds is 1. The Bertz CT molecular complexity index is 1340. The van der Waals surface area contributed by atoms with Crippen molar-refractivity contribution in [3.8, 4) is 0 Å². The minimum absolute atomic E-state index is 0.167. The molecule has 1 nitrogen and oxygen atoms in total. The normalized spacial score (nSPS) is 18.9. The van der Waals surface area contributed by atoms with Crippen molar-refractivity contribution in [2.24, 2.45) is 0 Å². The fourth-order valence-electron chi connectivity index (χ4n) is 5.94. The molecule has 2 unspecified atom stereocenters. The van der Waals surface area contributed by atoms with Crippen molar-refractivity contribution < 1.29 is 4.79 Å². The Hall–Kier alpha value is -3.19. The molecule has 0 saturated heterocycles. The van der Waals surface area contributed by atoms with Crippen LogP contribution in [-0.2, 0) is 0 Å². The molecule has 0 aliphatic heterocycles. The van der Waals surface area contributed by atoms with Gasteiger partial charge in [-0.2, -0.15) is 0 Å². The molecule has 1 heteroatoms. The lowest BCUT2D eigenvalue weighted by Crippen LogP contribution is -2.21. The Morgan fingerprint density at radius 1 is 0.621 bits per heavy atom. The van der Waals surface area contributed by atoms with Gasteiger partial charge >= 0.3 is 0 Å². The fraction of sp³-hybridized carbons (Fsp3) is 0.179. The Balaban J connectivity index is 1.82. The first-order chi connectivity index (χ1) is 14.1. The minimum Gasteiger partial charge on any atom is -0.293 e. The summed E-state index contributed by atoms with van der Waals surface area (Å²) in [5.74, 6) is 0.273. The zero-order valence-corrected chi connectivity index (χ0v) is 16.9. The third kappa shape index (κ3) is 2.03. The standard InChI is InChI=1S/C28H22O/c1-15-13-16(2)23-27-22(15)17(3)14-21-24(18-9-5-4-6-10-18)19-11-7-8-12-20(19)26(25(21)27)28(23)29/h4-14,24,26H,1-3H3. The first-order valence-corrected chi connectivity index (χ1v) is 10.3. The summed E-state index contributed by atoms with van der Waals surface area (Å²) in [4.78, 5) is 13.7. The lowest BCUT2D eigenvalue weighted by molar-refractivity contribution is 0.0980. The van der Waals surface area contributed by atoms with Crippen LogP contribution in [0.15, 0.2) is 66.7 Å². The minimum atomic E-state index is -0.167. The van der Waals surface area contributed by atoms with E-state index in [-0.39, 0.29) is 17.6 Å². The highest BCUT2D eigenvalue weighted by molar-refractivity contribution is 6.22. The van der Waals surface area contributed by atoms with Crippen LogP contribution in [-0.4, -0.2) is 5.78 Å². The van der Waals surface area contributed by atoms with Crippen molar-refractivity contribution in [1.29, 1.82) is 0 Å². The number of carbonyl (C=O) groups is 1. The number of hydrogen-bond donors (Lipinski definition) is 0. The fourth-order valence-corrected chi connectivity index (χ4v) is 5.94. The second kappa shape index (κ2) is 5.67. The van der Waals surface area contributed by atoms with Crippen LogP contribution in [0.3, 0.4) is 0 Å². The Morgan fingerprint density at radius 2 is 1.24 bits per heavy atom. The quantitative estimate of drug-likeness (QED) is 0.367. The number of Topliss-reactive ketones (excluding diaryl/α,β-unsaturated/α-hetero) is 1. The average molecular weight is 374 g/mol. The number of ketones is 1. The predicted molar refractivity (Wildman–Crippen MR) is 118 cm³/mol. The smallest absolute Gasteiger partial charge is 0.175 e. The van der Waals surface area contributed by atoms with Crippen molar-refractivity contribution in [3.63, 3.8) is 0 Å². The van der Waals surface area contributed by atoms with Crippen molar-refractivity contribution in [2.45, 2.75) is 32.6 Å². The average Bonchev–Trinajstić information content (AvgIpc) is 3.02. The number of fused-ring (bicyclic) bond motifs is 2. The Labute approximate surface area is 171 Å². The first kappa shape index (κ1) is 16.7. The molecular formula is C28H22O. The molecule has 0 radical (unpaired) electrons. The van der Waals surface area contributed by atoms with Gasteiger partial charge in [0.1, 0.15) is 0 Å². The van der Waals surface area contributed by atoms with Crippen molar-refractivity contribution in [1.82, 2.24) is 0 Å². The van der Waals surface area contributed by atoms with Gasteiger partial charge in [0.2, 0.25) is 0 Å². The van der Waals surface area contributed by atoms with E-state index in [1.54, 1.807) is 0 Å². The SMILES string of the molecule is Cc1cc(C)c2c(C)cc3c4c2c1C(=O)C4c1ccccc1C3c1ccccc1. The van der Waals surface area contributed by atoms with Gasteiger partial charge in [-0.1, -0.05) is 66.7 Å². The van der Waals surface area contributed by atoms with E-state index in [2.05, 4.69) is 87.5 Å². The predicted octanol–water partition coefficient (Wildman–Crippen LogP) is 6.59. The summed E-state index contributed by atoms with van der Waals surface area (Å²) in [6.07, 6.45) is 0. The lowest BCUT2D eigenvalue weighted by atomic mass is 9.70. The van der Waals surface area contributed by atoms with E-state index in [1.807, 2.05) is 0 Å². The molecule has 29 heavy (non-hydrogen) atoms. The highest BCUT2D eigenvalue weighted by Gasteiger charge is 2.44. The van der Waals surface area contributed by atoms with Crippen molar-refractivity contribution >= 4 is 16.6 Å². The molecule has 6 rings (SSSR count). The van der Waals surface area contributed by atoms with Crippen molar-refractivity contribution in [3.05, 3.63) is 117 Å². The summed E-state index contributed by atoms with van der Waals surface area (Å²) in [5.41, 5.74) is 10.9. The zero-order chi connectivity index (χ0) is 19.9. The monoisotopic (exact) mass is 374 g/mol. The second-order valence-electron chi connectivity index (χ2n) is 8.60. The maximum absolute atomic E-state index is 13.7. The van der Waals surface area contributed by atoms with Crippen LogP contribution >= 0.6 is 0 Å². The van der Waals surface area contributed by atoms with Gasteiger partial charge in [0.25, 0.3) is 0 Å². The Morgan fingerprint density at radius 3 is 1.97 bits per heavy atom. The van der Waals surface area contributed by atoms with Crippen LogP contribution in [0.5, 0.6) is 0 Å². The third-order valence-corrected chi connectivity index (χ3v) is 6.93. The zero-order valence-electron chi connectivity index (χ0n) is 16.9. The topological polar surface area (TPSA) is 17.1 Å². The van der Waals surface area contributed by atoms with Gasteiger partial charge in [-0.05, 0) is 76.1 Å². The first-order valence-electron chi connectivity index (χ1n) is 10.3. The molecule has 0 saturated carbocycles. The van der Waals surface area contributed by atoms with Crippen LogP contribution in [0, 0.1) is 20.8 Å². The largest absolute Gasteiger partial charge is 0.293 e. The van der Waals surface area contributed by atoms with Crippen LogP contribution in [0.4, 0.5) is 0 Å². The molecular weight excluding hydrogens is 352 g/mol. The maximum Gasteiger partial charge on any atom is 0.175 e. The van der Waals surface area contributed by atoms with Gasteiger partial charge in [-0.15, -0.1) is 0 Å².